The van der Waals surface area contributed by atoms with Gasteiger partial charge in [-0.1, -0.05) is 11.6 Å². The van der Waals surface area contributed by atoms with Crippen molar-refractivity contribution in [2.75, 3.05) is 25.4 Å². The molecule has 0 aromatic carbocycles. The van der Waals surface area contributed by atoms with E-state index in [1.807, 2.05) is 0 Å². The number of nitrogens with two attached hydrogens (primary N) is 1. The van der Waals surface area contributed by atoms with Crippen molar-refractivity contribution >= 4 is 27.4 Å². The van der Waals surface area contributed by atoms with Gasteiger partial charge in [0.1, 0.15) is 10.7 Å². The molecule has 0 spiro atoms. The topological polar surface area (TPSA) is 97.1 Å². The van der Waals surface area contributed by atoms with E-state index in [0.717, 1.165) is 25.9 Å². The Bertz CT molecular complexity index is 544. The number of nitrogen functional groups attached to an aromatic ring is 1. The van der Waals surface area contributed by atoms with Crippen LogP contribution in [0.1, 0.15) is 12.8 Å². The summed E-state index contributed by atoms with van der Waals surface area (Å²) in [5.41, 5.74) is 5.58. The Balaban J connectivity index is 2.07. The fourth-order valence-corrected chi connectivity index (χ4v) is 3.49. The fourth-order valence-electron chi connectivity index (χ4n) is 2.05. The first-order valence-electron chi connectivity index (χ1n) is 6.10. The zero-order chi connectivity index (χ0) is 13.9. The maximum absolute atomic E-state index is 12.1. The number of hydrogen-bond acceptors (Lipinski definition) is 5. The minimum atomic E-state index is -3.66. The number of hydrogen-bond donors (Lipinski definition) is 3. The van der Waals surface area contributed by atoms with Crippen LogP contribution < -0.4 is 15.8 Å². The average molecular weight is 305 g/mol. The Morgan fingerprint density at radius 2 is 2.37 bits per heavy atom. The molecule has 1 saturated heterocycles. The molecule has 1 atom stereocenters. The number of piperidine rings is 1. The zero-order valence-electron chi connectivity index (χ0n) is 10.4. The van der Waals surface area contributed by atoms with Gasteiger partial charge in [0, 0.05) is 12.7 Å². The molecule has 1 aliphatic heterocycles. The summed E-state index contributed by atoms with van der Waals surface area (Å²) in [5.74, 6) is 0.260. The quantitative estimate of drug-likeness (QED) is 0.756. The molecular weight excluding hydrogens is 288 g/mol. The molecule has 2 rings (SSSR count). The lowest BCUT2D eigenvalue weighted by atomic mass is 10.0. The predicted molar refractivity (Wildman–Crippen MR) is 74.4 cm³/mol. The van der Waals surface area contributed by atoms with Crippen molar-refractivity contribution in [2.45, 2.75) is 17.7 Å². The van der Waals surface area contributed by atoms with Gasteiger partial charge in [-0.2, -0.15) is 0 Å². The van der Waals surface area contributed by atoms with Crippen LogP contribution in [0.5, 0.6) is 0 Å². The van der Waals surface area contributed by atoms with Gasteiger partial charge in [0.15, 0.2) is 0 Å². The van der Waals surface area contributed by atoms with Crippen molar-refractivity contribution < 1.29 is 8.42 Å². The first-order chi connectivity index (χ1) is 8.99. The molecule has 8 heteroatoms. The van der Waals surface area contributed by atoms with Gasteiger partial charge < -0.3 is 11.1 Å². The maximum atomic E-state index is 12.1. The highest BCUT2D eigenvalue weighted by atomic mass is 35.5. The van der Waals surface area contributed by atoms with E-state index < -0.39 is 10.0 Å². The van der Waals surface area contributed by atoms with Crippen molar-refractivity contribution in [3.05, 3.63) is 17.3 Å². The summed E-state index contributed by atoms with van der Waals surface area (Å²) in [6, 6.07) is 1.31. The molecule has 1 fully saturated rings. The Morgan fingerprint density at radius 1 is 1.58 bits per heavy atom. The summed E-state index contributed by atoms with van der Waals surface area (Å²) < 4.78 is 26.8. The lowest BCUT2D eigenvalue weighted by Crippen LogP contribution is -2.38. The van der Waals surface area contributed by atoms with Gasteiger partial charge >= 0.3 is 0 Å². The summed E-state index contributed by atoms with van der Waals surface area (Å²) in [5, 5.41) is 3.48. The number of rotatable bonds is 4. The number of pyridine rings is 1. The molecule has 0 saturated carbocycles. The second-order valence-electron chi connectivity index (χ2n) is 4.60. The molecule has 1 aliphatic rings. The zero-order valence-corrected chi connectivity index (χ0v) is 12.0. The standard InChI is InChI=1S/C11H17ClN4O2S/c12-9-4-10(11(13)15-7-9)19(17,18)16-6-8-2-1-3-14-5-8/h4,7-8,14,16H,1-3,5-6H2,(H2,13,15)/t8-/m0/s1. The smallest absolute Gasteiger partial charge is 0.244 e. The molecule has 0 aliphatic carbocycles. The summed E-state index contributed by atoms with van der Waals surface area (Å²) in [6.45, 7) is 2.21. The van der Waals surface area contributed by atoms with Crippen LogP contribution in [0, 0.1) is 5.92 Å². The van der Waals surface area contributed by atoms with Gasteiger partial charge in [0.2, 0.25) is 10.0 Å². The summed E-state index contributed by atoms with van der Waals surface area (Å²) >= 11 is 5.75. The summed E-state index contributed by atoms with van der Waals surface area (Å²) in [4.78, 5) is 3.69. The van der Waals surface area contributed by atoms with Crippen LogP contribution in [0.15, 0.2) is 17.2 Å². The molecule has 1 aromatic heterocycles. The normalized spacial score (nSPS) is 20.4. The molecule has 0 amide bonds. The molecule has 1 aromatic rings. The Kier molecular flexibility index (Phi) is 4.62. The van der Waals surface area contributed by atoms with E-state index >= 15 is 0 Å². The lowest BCUT2D eigenvalue weighted by Gasteiger charge is -2.22. The van der Waals surface area contributed by atoms with Gasteiger partial charge in [-0.25, -0.2) is 18.1 Å². The van der Waals surface area contributed by atoms with Crippen molar-refractivity contribution in [3.63, 3.8) is 0 Å². The SMILES string of the molecule is Nc1ncc(Cl)cc1S(=O)(=O)NC[C@H]1CCCNC1. The monoisotopic (exact) mass is 304 g/mol. The molecule has 0 bridgehead atoms. The second kappa shape index (κ2) is 6.04. The first-order valence-corrected chi connectivity index (χ1v) is 7.96. The van der Waals surface area contributed by atoms with E-state index in [1.165, 1.54) is 12.3 Å². The van der Waals surface area contributed by atoms with E-state index in [4.69, 9.17) is 17.3 Å². The van der Waals surface area contributed by atoms with Crippen LogP contribution in [-0.2, 0) is 10.0 Å². The molecule has 0 radical (unpaired) electrons. The second-order valence-corrected chi connectivity index (χ2v) is 6.77. The van der Waals surface area contributed by atoms with Gasteiger partial charge in [-0.05, 0) is 37.9 Å². The summed E-state index contributed by atoms with van der Waals surface area (Å²) in [6.07, 6.45) is 3.40. The number of anilines is 1. The largest absolute Gasteiger partial charge is 0.383 e. The van der Waals surface area contributed by atoms with Crippen LogP contribution >= 0.6 is 11.6 Å². The Morgan fingerprint density at radius 3 is 3.05 bits per heavy atom. The van der Waals surface area contributed by atoms with Crippen molar-refractivity contribution in [1.82, 2.24) is 15.0 Å². The van der Waals surface area contributed by atoms with Crippen LogP contribution in [0.25, 0.3) is 0 Å². The molecule has 0 unspecified atom stereocenters. The minimum absolute atomic E-state index is 0.0429. The fraction of sp³-hybridized carbons (Fsp3) is 0.545. The summed E-state index contributed by atoms with van der Waals surface area (Å²) in [7, 11) is -3.66. The molecular formula is C11H17ClN4O2S. The van der Waals surface area contributed by atoms with E-state index in [9.17, 15) is 8.42 Å². The number of nitrogens with zero attached hydrogens (tertiary/aromatic N) is 1. The number of aromatic nitrogens is 1. The van der Waals surface area contributed by atoms with Crippen molar-refractivity contribution in [2.24, 2.45) is 5.92 Å². The third-order valence-electron chi connectivity index (χ3n) is 3.10. The van der Waals surface area contributed by atoms with E-state index in [2.05, 4.69) is 15.0 Å². The molecule has 4 N–H and O–H groups in total. The minimum Gasteiger partial charge on any atom is -0.383 e. The predicted octanol–water partition coefficient (Wildman–Crippen LogP) is 0.595. The number of sulfonamides is 1. The van der Waals surface area contributed by atoms with Crippen molar-refractivity contribution in [3.8, 4) is 0 Å². The third kappa shape index (κ3) is 3.79. The first kappa shape index (κ1) is 14.5. The number of nitrogens with one attached hydrogen (secondary N) is 2. The number of halogens is 1. The van der Waals surface area contributed by atoms with Crippen LogP contribution in [0.2, 0.25) is 5.02 Å². The van der Waals surface area contributed by atoms with Gasteiger partial charge in [-0.3, -0.25) is 0 Å². The highest BCUT2D eigenvalue weighted by Crippen LogP contribution is 2.20. The Hall–Kier alpha value is -0.890. The third-order valence-corrected chi connectivity index (χ3v) is 4.76. The lowest BCUT2D eigenvalue weighted by molar-refractivity contribution is 0.376. The van der Waals surface area contributed by atoms with E-state index in [-0.39, 0.29) is 15.7 Å². The van der Waals surface area contributed by atoms with E-state index in [1.54, 1.807) is 0 Å². The maximum Gasteiger partial charge on any atom is 0.244 e. The molecule has 2 heterocycles. The van der Waals surface area contributed by atoms with Crippen LogP contribution in [0.4, 0.5) is 5.82 Å². The van der Waals surface area contributed by atoms with Gasteiger partial charge in [0.05, 0.1) is 5.02 Å². The average Bonchev–Trinajstić information content (AvgIpc) is 2.40. The highest BCUT2D eigenvalue weighted by Gasteiger charge is 2.21. The van der Waals surface area contributed by atoms with E-state index in [0.29, 0.717) is 12.5 Å². The highest BCUT2D eigenvalue weighted by molar-refractivity contribution is 7.89. The Labute approximate surface area is 117 Å². The van der Waals surface area contributed by atoms with Gasteiger partial charge in [0.25, 0.3) is 0 Å². The van der Waals surface area contributed by atoms with Gasteiger partial charge in [-0.15, -0.1) is 0 Å². The molecule has 106 valence electrons. The molecule has 19 heavy (non-hydrogen) atoms. The van der Waals surface area contributed by atoms with Crippen LogP contribution in [-0.4, -0.2) is 33.0 Å². The van der Waals surface area contributed by atoms with Crippen LogP contribution in [0.3, 0.4) is 0 Å². The molecule has 6 nitrogen and oxygen atoms in total. The van der Waals surface area contributed by atoms with Crippen molar-refractivity contribution in [1.29, 1.82) is 0 Å².